The fourth-order valence-corrected chi connectivity index (χ4v) is 3.39. The average Bonchev–Trinajstić information content (AvgIpc) is 3.19. The Labute approximate surface area is 185 Å². The largest absolute Gasteiger partial charge is 0.474 e. The maximum Gasteiger partial charge on any atom is 0.270 e. The van der Waals surface area contributed by atoms with Crippen LogP contribution in [0.1, 0.15) is 53.9 Å². The van der Waals surface area contributed by atoms with Crippen LogP contribution in [0.4, 0.5) is 5.82 Å². The molecule has 2 heterocycles. The summed E-state index contributed by atoms with van der Waals surface area (Å²) in [4.78, 5) is 2.17. The molecule has 0 atom stereocenters. The van der Waals surface area contributed by atoms with Crippen LogP contribution < -0.4 is 15.0 Å². The summed E-state index contributed by atoms with van der Waals surface area (Å²) in [5, 5.41) is 3.41. The number of morpholine rings is 1. The first-order chi connectivity index (χ1) is 14.3. The highest BCUT2D eigenvalue weighted by Crippen LogP contribution is 2.26. The second-order valence-electron chi connectivity index (χ2n) is 8.76. The van der Waals surface area contributed by atoms with Crippen molar-refractivity contribution in [2.24, 2.45) is 0 Å². The topological polar surface area (TPSA) is 78.0 Å². The molecule has 1 aromatic heterocycles. The van der Waals surface area contributed by atoms with E-state index in [1.54, 1.807) is 0 Å². The van der Waals surface area contributed by atoms with E-state index in [2.05, 4.69) is 53.6 Å². The molecule has 1 aromatic rings. The van der Waals surface area contributed by atoms with E-state index in [1.807, 2.05) is 0 Å². The third-order valence-corrected chi connectivity index (χ3v) is 5.81. The molecule has 0 spiro atoms. The molecule has 1 aliphatic rings. The molecule has 0 saturated carbocycles. The number of nitrogens with one attached hydrogen (secondary N) is 1. The van der Waals surface area contributed by atoms with Crippen LogP contribution in [0.2, 0.25) is 0 Å². The summed E-state index contributed by atoms with van der Waals surface area (Å²) in [5.74, 6) is 1.48. The summed E-state index contributed by atoms with van der Waals surface area (Å²) in [6, 6.07) is 0. The maximum atomic E-state index is 6.02. The molecule has 0 unspecified atom stereocenters. The second-order valence-corrected chi connectivity index (χ2v) is 9.29. The molecule has 1 N–H and O–H groups in total. The molecule has 0 aromatic carbocycles. The Morgan fingerprint density at radius 1 is 1.00 bits per heavy atom. The molecule has 0 aliphatic carbocycles. The van der Waals surface area contributed by atoms with E-state index in [1.165, 1.54) is 11.7 Å². The fraction of sp³-hybridized carbons (Fsp3) is 0.905. The summed E-state index contributed by atoms with van der Waals surface area (Å²) in [6.45, 7) is 17.5. The molecule has 30 heavy (non-hydrogen) atoms. The summed E-state index contributed by atoms with van der Waals surface area (Å²) in [6.07, 6.45) is 2.80. The second kappa shape index (κ2) is 12.8. The van der Waals surface area contributed by atoms with Crippen LogP contribution in [0.25, 0.3) is 0 Å². The number of rotatable bonds is 15. The molecule has 174 valence electrons. The number of nitrogens with zero attached hydrogens (tertiary/aromatic N) is 3. The van der Waals surface area contributed by atoms with Gasteiger partial charge in [-0.15, -0.1) is 4.37 Å². The summed E-state index contributed by atoms with van der Waals surface area (Å²) < 4.78 is 31.8. The van der Waals surface area contributed by atoms with Gasteiger partial charge in [-0.3, -0.25) is 0 Å². The Hall–Kier alpha value is -1.00. The number of hydrogen-bond donors (Lipinski definition) is 1. The van der Waals surface area contributed by atoms with Gasteiger partial charge in [0.2, 0.25) is 5.82 Å². The van der Waals surface area contributed by atoms with Crippen molar-refractivity contribution >= 4 is 17.5 Å². The van der Waals surface area contributed by atoms with E-state index < -0.39 is 0 Å². The highest BCUT2D eigenvalue weighted by atomic mass is 32.1. The van der Waals surface area contributed by atoms with Crippen molar-refractivity contribution in [3.63, 3.8) is 0 Å². The monoisotopic (exact) mass is 444 g/mol. The highest BCUT2D eigenvalue weighted by molar-refractivity contribution is 6.99. The van der Waals surface area contributed by atoms with E-state index in [4.69, 9.17) is 18.9 Å². The zero-order valence-electron chi connectivity index (χ0n) is 19.4. The van der Waals surface area contributed by atoms with Crippen LogP contribution in [0.15, 0.2) is 0 Å². The van der Waals surface area contributed by atoms with Gasteiger partial charge in [0.05, 0.1) is 56.0 Å². The lowest BCUT2D eigenvalue weighted by Crippen LogP contribution is -2.36. The molecule has 8 nitrogen and oxygen atoms in total. The summed E-state index contributed by atoms with van der Waals surface area (Å²) in [7, 11) is 0. The van der Waals surface area contributed by atoms with Gasteiger partial charge >= 0.3 is 0 Å². The van der Waals surface area contributed by atoms with Gasteiger partial charge in [0, 0.05) is 19.6 Å². The number of hydrogen-bond acceptors (Lipinski definition) is 9. The zero-order valence-corrected chi connectivity index (χ0v) is 20.2. The number of anilines is 1. The SMILES string of the molecule is CCC(C)(C)OCCC(C)(C)OCCNCCCOc1nsnc1N1CCOCC1. The van der Waals surface area contributed by atoms with Gasteiger partial charge in [0.25, 0.3) is 5.88 Å². The van der Waals surface area contributed by atoms with Gasteiger partial charge in [-0.25, -0.2) is 0 Å². The summed E-state index contributed by atoms with van der Waals surface area (Å²) in [5.41, 5.74) is -0.237. The van der Waals surface area contributed by atoms with Crippen LogP contribution in [-0.2, 0) is 14.2 Å². The van der Waals surface area contributed by atoms with Crippen molar-refractivity contribution in [3.05, 3.63) is 0 Å². The van der Waals surface area contributed by atoms with Crippen molar-refractivity contribution in [1.82, 2.24) is 14.1 Å². The predicted octanol–water partition coefficient (Wildman–Crippen LogP) is 3.12. The molecule has 2 rings (SSSR count). The highest BCUT2D eigenvalue weighted by Gasteiger charge is 2.22. The Morgan fingerprint density at radius 2 is 1.73 bits per heavy atom. The average molecular weight is 445 g/mol. The van der Waals surface area contributed by atoms with E-state index in [0.717, 1.165) is 71.1 Å². The lowest BCUT2D eigenvalue weighted by molar-refractivity contribution is -0.0720. The van der Waals surface area contributed by atoms with E-state index in [9.17, 15) is 0 Å². The molecule has 0 bridgehead atoms. The molecule has 1 fully saturated rings. The molecule has 0 radical (unpaired) electrons. The first-order valence-corrected chi connectivity index (χ1v) is 11.8. The lowest BCUT2D eigenvalue weighted by Gasteiger charge is -2.29. The zero-order chi connectivity index (χ0) is 21.9. The van der Waals surface area contributed by atoms with Crippen molar-refractivity contribution in [3.8, 4) is 5.88 Å². The van der Waals surface area contributed by atoms with Crippen molar-refractivity contribution < 1.29 is 18.9 Å². The van der Waals surface area contributed by atoms with Gasteiger partial charge in [0.1, 0.15) is 0 Å². The van der Waals surface area contributed by atoms with Crippen LogP contribution in [0.5, 0.6) is 5.88 Å². The minimum atomic E-state index is -0.178. The smallest absolute Gasteiger partial charge is 0.270 e. The van der Waals surface area contributed by atoms with Crippen LogP contribution in [0, 0.1) is 0 Å². The van der Waals surface area contributed by atoms with Gasteiger partial charge in [-0.05, 0) is 53.5 Å². The van der Waals surface area contributed by atoms with Crippen LogP contribution in [0.3, 0.4) is 0 Å². The molecule has 9 heteroatoms. The third kappa shape index (κ3) is 9.43. The minimum Gasteiger partial charge on any atom is -0.474 e. The van der Waals surface area contributed by atoms with Gasteiger partial charge in [-0.1, -0.05) is 6.92 Å². The molecule has 1 saturated heterocycles. The minimum absolute atomic E-state index is 0.0583. The maximum absolute atomic E-state index is 6.02. The van der Waals surface area contributed by atoms with Crippen LogP contribution in [-0.4, -0.2) is 79.2 Å². The first-order valence-electron chi connectivity index (χ1n) is 11.1. The molecule has 1 aliphatic heterocycles. The van der Waals surface area contributed by atoms with Crippen molar-refractivity contribution in [2.75, 3.05) is 64.1 Å². The van der Waals surface area contributed by atoms with Crippen LogP contribution >= 0.6 is 11.7 Å². The Bertz CT molecular complexity index is 591. The van der Waals surface area contributed by atoms with Crippen molar-refractivity contribution in [1.29, 1.82) is 0 Å². The quantitative estimate of drug-likeness (QED) is 0.414. The van der Waals surface area contributed by atoms with E-state index in [0.29, 0.717) is 19.1 Å². The third-order valence-electron chi connectivity index (χ3n) is 5.31. The predicted molar refractivity (Wildman–Crippen MR) is 121 cm³/mol. The molecular weight excluding hydrogens is 404 g/mol. The normalized spacial score (nSPS) is 15.6. The Balaban J connectivity index is 1.51. The number of ether oxygens (including phenoxy) is 4. The van der Waals surface area contributed by atoms with E-state index >= 15 is 0 Å². The van der Waals surface area contributed by atoms with Gasteiger partial charge in [-0.2, -0.15) is 4.37 Å². The van der Waals surface area contributed by atoms with Gasteiger partial charge < -0.3 is 29.2 Å². The van der Waals surface area contributed by atoms with Gasteiger partial charge in [0.15, 0.2) is 0 Å². The van der Waals surface area contributed by atoms with Crippen molar-refractivity contribution in [2.45, 2.75) is 65.1 Å². The Kier molecular flexibility index (Phi) is 10.7. The standard InChI is InChI=1S/C21H40N4O4S/c1-6-20(2,3)28-14-8-21(4,5)29-15-10-22-9-7-13-27-19-18(23-30-24-19)25-11-16-26-17-12-25/h22H,6-17H2,1-5H3. The molecule has 0 amide bonds. The lowest BCUT2D eigenvalue weighted by atomic mass is 10.0. The number of aromatic nitrogens is 2. The fourth-order valence-electron chi connectivity index (χ4n) is 2.87. The first kappa shape index (κ1) is 25.3. The summed E-state index contributed by atoms with van der Waals surface area (Å²) >= 11 is 1.20. The molecular formula is C21H40N4O4S. The van der Waals surface area contributed by atoms with E-state index in [-0.39, 0.29) is 11.2 Å². The Morgan fingerprint density at radius 3 is 2.47 bits per heavy atom.